The van der Waals surface area contributed by atoms with Crippen LogP contribution in [0.3, 0.4) is 0 Å². The van der Waals surface area contributed by atoms with Crippen LogP contribution in [0.1, 0.15) is 0 Å². The third-order valence-electron chi connectivity index (χ3n) is 3.05. The Morgan fingerprint density at radius 3 is 2.57 bits per heavy atom. The van der Waals surface area contributed by atoms with Crippen molar-refractivity contribution in [1.82, 2.24) is 4.98 Å². The van der Waals surface area contributed by atoms with Gasteiger partial charge < -0.3 is 15.1 Å². The van der Waals surface area contributed by atoms with Gasteiger partial charge in [0.05, 0.1) is 29.6 Å². The Labute approximate surface area is 119 Å². The van der Waals surface area contributed by atoms with Crippen LogP contribution in [0.4, 0.5) is 15.8 Å². The summed E-state index contributed by atoms with van der Waals surface area (Å²) < 4.78 is 14.3. The topological polar surface area (TPSA) is 99.7 Å². The van der Waals surface area contributed by atoms with E-state index in [0.29, 0.717) is 0 Å². The van der Waals surface area contributed by atoms with Gasteiger partial charge in [-0.3, -0.25) is 15.1 Å². The zero-order valence-corrected chi connectivity index (χ0v) is 11.1. The summed E-state index contributed by atoms with van der Waals surface area (Å²) in [5.74, 6) is -0.810. The van der Waals surface area contributed by atoms with Gasteiger partial charge in [-0.05, 0) is 12.1 Å². The zero-order chi connectivity index (χ0) is 15.4. The smallest absolute Gasteiger partial charge is 0.281 e. The third-order valence-corrected chi connectivity index (χ3v) is 3.05. The van der Waals surface area contributed by atoms with Crippen LogP contribution in [0.25, 0.3) is 10.9 Å². The molecule has 1 aromatic heterocycles. The fraction of sp³-hybridized carbons (Fsp3) is 0.308. The molecule has 2 rings (SSSR count). The van der Waals surface area contributed by atoms with Gasteiger partial charge in [-0.25, -0.2) is 4.39 Å². The lowest BCUT2D eigenvalue weighted by molar-refractivity contribution is -0.383. The number of pyridine rings is 1. The van der Waals surface area contributed by atoms with E-state index in [4.69, 9.17) is 10.2 Å². The second-order valence-corrected chi connectivity index (χ2v) is 4.32. The molecule has 0 unspecified atom stereocenters. The van der Waals surface area contributed by atoms with Crippen molar-refractivity contribution < 1.29 is 19.5 Å². The molecule has 0 aliphatic carbocycles. The Kier molecular flexibility index (Phi) is 4.61. The highest BCUT2D eigenvalue weighted by Crippen LogP contribution is 2.34. The van der Waals surface area contributed by atoms with E-state index in [1.165, 1.54) is 23.2 Å². The molecule has 112 valence electrons. The molecule has 1 aromatic carbocycles. The quantitative estimate of drug-likeness (QED) is 0.611. The van der Waals surface area contributed by atoms with Crippen molar-refractivity contribution in [2.75, 3.05) is 31.2 Å². The van der Waals surface area contributed by atoms with Crippen LogP contribution in [-0.2, 0) is 0 Å². The summed E-state index contributed by atoms with van der Waals surface area (Å²) in [6.07, 6.45) is 1.41. The average molecular weight is 295 g/mol. The molecule has 8 heteroatoms. The summed E-state index contributed by atoms with van der Waals surface area (Å²) >= 11 is 0. The molecule has 0 spiro atoms. The predicted molar refractivity (Wildman–Crippen MR) is 74.7 cm³/mol. The highest BCUT2D eigenvalue weighted by Gasteiger charge is 2.23. The van der Waals surface area contributed by atoms with Gasteiger partial charge in [-0.1, -0.05) is 0 Å². The molecule has 0 amide bonds. The molecular weight excluding hydrogens is 281 g/mol. The van der Waals surface area contributed by atoms with Gasteiger partial charge in [-0.2, -0.15) is 0 Å². The molecule has 0 radical (unpaired) electrons. The van der Waals surface area contributed by atoms with E-state index in [1.807, 2.05) is 0 Å². The number of halogens is 1. The van der Waals surface area contributed by atoms with Gasteiger partial charge in [0, 0.05) is 19.3 Å². The molecular formula is C13H14FN3O4. The molecule has 0 saturated heterocycles. The molecule has 7 nitrogen and oxygen atoms in total. The van der Waals surface area contributed by atoms with Crippen molar-refractivity contribution >= 4 is 22.3 Å². The van der Waals surface area contributed by atoms with Gasteiger partial charge in [0.15, 0.2) is 5.82 Å². The molecule has 2 N–H and O–H groups in total. The largest absolute Gasteiger partial charge is 0.395 e. The van der Waals surface area contributed by atoms with E-state index in [9.17, 15) is 14.5 Å². The second kappa shape index (κ2) is 6.42. The standard InChI is InChI=1S/C13H14FN3O4/c14-10-8-11(17(20)21)9-2-1-3-15-12(9)13(10)16(4-6-18)5-7-19/h1-3,8,18-19H,4-7H2. The lowest BCUT2D eigenvalue weighted by Gasteiger charge is -2.24. The van der Waals surface area contributed by atoms with Crippen LogP contribution in [0.2, 0.25) is 0 Å². The van der Waals surface area contributed by atoms with Crippen LogP contribution in [0, 0.1) is 15.9 Å². The van der Waals surface area contributed by atoms with E-state index in [-0.39, 0.29) is 48.6 Å². The van der Waals surface area contributed by atoms with Gasteiger partial charge in [0.1, 0.15) is 11.2 Å². The molecule has 2 aromatic rings. The van der Waals surface area contributed by atoms with E-state index in [1.54, 1.807) is 0 Å². The van der Waals surface area contributed by atoms with Crippen molar-refractivity contribution in [1.29, 1.82) is 0 Å². The number of nitro benzene ring substituents is 1. The third kappa shape index (κ3) is 2.91. The van der Waals surface area contributed by atoms with Gasteiger partial charge in [0.2, 0.25) is 0 Å². The number of rotatable bonds is 6. The Morgan fingerprint density at radius 1 is 1.33 bits per heavy atom. The number of nitro groups is 1. The van der Waals surface area contributed by atoms with Crippen molar-refractivity contribution in [3.63, 3.8) is 0 Å². The number of hydrogen-bond acceptors (Lipinski definition) is 6. The van der Waals surface area contributed by atoms with Crippen LogP contribution < -0.4 is 4.90 Å². The van der Waals surface area contributed by atoms with Crippen molar-refractivity contribution in [2.45, 2.75) is 0 Å². The molecule has 0 atom stereocenters. The van der Waals surface area contributed by atoms with E-state index >= 15 is 0 Å². The first-order valence-corrected chi connectivity index (χ1v) is 6.28. The normalized spacial score (nSPS) is 10.8. The van der Waals surface area contributed by atoms with Crippen LogP contribution in [-0.4, -0.2) is 46.4 Å². The molecule has 0 saturated carbocycles. The summed E-state index contributed by atoms with van der Waals surface area (Å²) in [5.41, 5.74) is -0.197. The van der Waals surface area contributed by atoms with Gasteiger partial charge in [0.25, 0.3) is 5.69 Å². The number of aliphatic hydroxyl groups excluding tert-OH is 2. The fourth-order valence-electron chi connectivity index (χ4n) is 2.21. The number of nitrogens with zero attached hydrogens (tertiary/aromatic N) is 3. The van der Waals surface area contributed by atoms with E-state index < -0.39 is 10.7 Å². The number of benzene rings is 1. The van der Waals surface area contributed by atoms with Crippen molar-refractivity contribution in [3.8, 4) is 0 Å². The zero-order valence-electron chi connectivity index (χ0n) is 11.1. The minimum Gasteiger partial charge on any atom is -0.395 e. The molecule has 0 fully saturated rings. The number of non-ortho nitro benzene ring substituents is 1. The predicted octanol–water partition coefficient (Wildman–Crippen LogP) is 1.07. The van der Waals surface area contributed by atoms with Crippen LogP contribution in [0.15, 0.2) is 24.4 Å². The molecule has 1 heterocycles. The highest BCUT2D eigenvalue weighted by molar-refractivity contribution is 5.97. The van der Waals surface area contributed by atoms with Gasteiger partial charge in [-0.15, -0.1) is 0 Å². The lowest BCUT2D eigenvalue weighted by atomic mass is 10.1. The van der Waals surface area contributed by atoms with Crippen molar-refractivity contribution in [3.05, 3.63) is 40.3 Å². The van der Waals surface area contributed by atoms with E-state index in [2.05, 4.69) is 4.98 Å². The van der Waals surface area contributed by atoms with Crippen molar-refractivity contribution in [2.24, 2.45) is 0 Å². The molecule has 0 aliphatic heterocycles. The first kappa shape index (κ1) is 15.1. The monoisotopic (exact) mass is 295 g/mol. The minimum atomic E-state index is -0.810. The summed E-state index contributed by atoms with van der Waals surface area (Å²) in [4.78, 5) is 15.8. The number of fused-ring (bicyclic) bond motifs is 1. The van der Waals surface area contributed by atoms with Gasteiger partial charge >= 0.3 is 0 Å². The number of aliphatic hydroxyl groups is 2. The molecule has 21 heavy (non-hydrogen) atoms. The lowest BCUT2D eigenvalue weighted by Crippen LogP contribution is -2.30. The summed E-state index contributed by atoms with van der Waals surface area (Å²) in [6, 6.07) is 3.85. The van der Waals surface area contributed by atoms with Crippen LogP contribution in [0.5, 0.6) is 0 Å². The Hall–Kier alpha value is -2.32. The number of hydrogen-bond donors (Lipinski definition) is 2. The Balaban J connectivity index is 2.71. The first-order chi connectivity index (χ1) is 10.1. The summed E-state index contributed by atoms with van der Waals surface area (Å²) in [7, 11) is 0. The Morgan fingerprint density at radius 2 is 2.00 bits per heavy atom. The maximum Gasteiger partial charge on any atom is 0.281 e. The average Bonchev–Trinajstić information content (AvgIpc) is 2.46. The summed E-state index contributed by atoms with van der Waals surface area (Å²) in [5, 5.41) is 29.3. The summed E-state index contributed by atoms with van der Waals surface area (Å²) in [6.45, 7) is -0.322. The SMILES string of the molecule is O=[N+]([O-])c1cc(F)c(N(CCO)CCO)c2ncccc12. The maximum absolute atomic E-state index is 14.3. The van der Waals surface area contributed by atoms with Crippen LogP contribution >= 0.6 is 0 Å². The fourth-order valence-corrected chi connectivity index (χ4v) is 2.21. The van der Waals surface area contributed by atoms with E-state index in [0.717, 1.165) is 6.07 Å². The molecule has 0 bridgehead atoms. The Bertz CT molecular complexity index is 659. The first-order valence-electron chi connectivity index (χ1n) is 6.28. The highest BCUT2D eigenvalue weighted by atomic mass is 19.1. The minimum absolute atomic E-state index is 0.0410. The second-order valence-electron chi connectivity index (χ2n) is 4.32. The number of anilines is 1. The number of aromatic nitrogens is 1. The molecule has 0 aliphatic rings. The maximum atomic E-state index is 14.3.